The summed E-state index contributed by atoms with van der Waals surface area (Å²) in [6, 6.07) is 1.93. The van der Waals surface area contributed by atoms with Gasteiger partial charge in [0, 0.05) is 27.1 Å². The monoisotopic (exact) mass is 724 g/mol. The summed E-state index contributed by atoms with van der Waals surface area (Å²) in [7, 11) is 1.68. The zero-order chi connectivity index (χ0) is 40.8. The maximum Gasteiger partial charge on any atom is 0.386 e. The van der Waals surface area contributed by atoms with Gasteiger partial charge in [-0.1, -0.05) is 203 Å². The Balaban J connectivity index is -0.0000000360. The lowest BCUT2D eigenvalue weighted by molar-refractivity contribution is -0.110. The van der Waals surface area contributed by atoms with E-state index in [1.54, 1.807) is 14.0 Å². The number of hydrogen-bond acceptors (Lipinski definition) is 2. The molecule has 0 saturated heterocycles. The summed E-state index contributed by atoms with van der Waals surface area (Å²) in [6.07, 6.45) is 12.1. The summed E-state index contributed by atoms with van der Waals surface area (Å²) in [4.78, 5) is 0. The van der Waals surface area contributed by atoms with Crippen LogP contribution in [-0.4, -0.2) is 26.6 Å². The molecule has 1 rings (SSSR count). The van der Waals surface area contributed by atoms with Crippen molar-refractivity contribution in [1.82, 2.24) is 0 Å². The van der Waals surface area contributed by atoms with Gasteiger partial charge in [0.25, 0.3) is 0 Å². The smallest absolute Gasteiger partial charge is 0.385 e. The summed E-state index contributed by atoms with van der Waals surface area (Å²) in [6.45, 7) is 41.7. The first-order chi connectivity index (χ1) is 22.2. The maximum atomic E-state index is 10.7. The Kier molecular flexibility index (Phi) is 136. The van der Waals surface area contributed by atoms with E-state index in [4.69, 9.17) is 5.26 Å². The fraction of sp³-hybridized carbons (Fsp3) is 0.977. The van der Waals surface area contributed by atoms with Crippen LogP contribution >= 0.6 is 0 Å². The van der Waals surface area contributed by atoms with Crippen LogP contribution in [-0.2, 0) is 4.74 Å². The normalized spacial score (nSPS) is 9.78. The van der Waals surface area contributed by atoms with Gasteiger partial charge in [-0.3, -0.25) is 4.39 Å². The van der Waals surface area contributed by atoms with Crippen molar-refractivity contribution in [2.45, 2.75) is 236 Å². The number of nitrogens with zero attached hydrogens (tertiary/aromatic N) is 1. The van der Waals surface area contributed by atoms with Crippen LogP contribution in [0.15, 0.2) is 0 Å². The van der Waals surface area contributed by atoms with Crippen molar-refractivity contribution in [1.29, 1.82) is 5.26 Å². The molecule has 1 aliphatic carbocycles. The lowest BCUT2D eigenvalue weighted by Gasteiger charge is -1.90. The van der Waals surface area contributed by atoms with Crippen LogP contribution in [0.2, 0.25) is 0 Å². The first-order valence-corrected chi connectivity index (χ1v) is 19.7. The second-order valence-electron chi connectivity index (χ2n) is 12.6. The zero-order valence-corrected chi connectivity index (χ0v) is 37.3. The van der Waals surface area contributed by atoms with E-state index >= 15 is 0 Å². The highest BCUT2D eigenvalue weighted by Gasteiger charge is 2.15. The molecule has 49 heavy (non-hydrogen) atoms. The predicted octanol–water partition coefficient (Wildman–Crippen LogP) is 18.1. The molecule has 0 aromatic heterocycles. The topological polar surface area (TPSA) is 33.0 Å². The molecule has 1 fully saturated rings. The van der Waals surface area contributed by atoms with E-state index in [0.29, 0.717) is 12.8 Å². The number of methoxy groups -OCH3 is 1. The van der Waals surface area contributed by atoms with Gasteiger partial charge >= 0.3 is 6.18 Å². The van der Waals surface area contributed by atoms with E-state index in [1.165, 1.54) is 70.6 Å². The minimum Gasteiger partial charge on any atom is -0.385 e. The van der Waals surface area contributed by atoms with Crippen LogP contribution in [0.4, 0.5) is 17.6 Å². The largest absolute Gasteiger partial charge is 0.386 e. The van der Waals surface area contributed by atoms with Crippen molar-refractivity contribution in [2.75, 3.05) is 20.4 Å². The van der Waals surface area contributed by atoms with Crippen LogP contribution in [0.5, 0.6) is 0 Å². The molecule has 0 radical (unpaired) electrons. The van der Waals surface area contributed by atoms with E-state index in [0.717, 1.165) is 30.3 Å². The Morgan fingerprint density at radius 3 is 0.735 bits per heavy atom. The van der Waals surface area contributed by atoms with E-state index < -0.39 is 6.18 Å². The molecule has 2 nitrogen and oxygen atoms in total. The summed E-state index contributed by atoms with van der Waals surface area (Å²) < 4.78 is 46.3. The Morgan fingerprint density at radius 1 is 0.612 bits per heavy atom. The highest BCUT2D eigenvalue weighted by atomic mass is 19.4. The molecule has 0 aromatic carbocycles. The number of nitriles is 1. The number of unbranched alkanes of at least 4 members (excludes halogenated alkanes) is 3. The molecule has 6 heteroatoms. The van der Waals surface area contributed by atoms with Crippen LogP contribution in [0, 0.1) is 35.0 Å². The van der Waals surface area contributed by atoms with E-state index in [1.807, 2.05) is 19.9 Å². The summed E-state index contributed by atoms with van der Waals surface area (Å²) >= 11 is 0. The third-order valence-electron chi connectivity index (χ3n) is 5.45. The van der Waals surface area contributed by atoms with Gasteiger partial charge in [-0.05, 0) is 37.0 Å². The van der Waals surface area contributed by atoms with Crippen molar-refractivity contribution in [3.63, 3.8) is 0 Å². The molecule has 0 atom stereocenters. The molecular formula is C43H101F4NO. The minimum atomic E-state index is -4.00. The van der Waals surface area contributed by atoms with E-state index in [9.17, 15) is 17.6 Å². The fourth-order valence-electron chi connectivity index (χ4n) is 0.167. The minimum absolute atomic E-state index is 0. The molecule has 1 aliphatic rings. The summed E-state index contributed by atoms with van der Waals surface area (Å²) in [5.74, 6) is 3.74. The second-order valence-corrected chi connectivity index (χ2v) is 12.6. The molecular weight excluding hydrogens is 622 g/mol. The Labute approximate surface area is 312 Å². The first kappa shape index (κ1) is 77.6. The number of ether oxygens (including phenoxy) is 1. The van der Waals surface area contributed by atoms with Crippen molar-refractivity contribution in [3.8, 4) is 6.07 Å². The summed E-state index contributed by atoms with van der Waals surface area (Å²) in [5, 5.41) is 7.62. The lowest BCUT2D eigenvalue weighted by atomic mass is 10.2. The van der Waals surface area contributed by atoms with Gasteiger partial charge in [-0.15, -0.1) is 0 Å². The molecule has 0 bridgehead atoms. The number of halogens is 4. The van der Waals surface area contributed by atoms with Gasteiger partial charge in [-0.25, -0.2) is 0 Å². The first-order valence-electron chi connectivity index (χ1n) is 19.7. The zero-order valence-electron chi connectivity index (χ0n) is 37.3. The van der Waals surface area contributed by atoms with Gasteiger partial charge in [0.05, 0.1) is 12.7 Å². The highest BCUT2D eigenvalue weighted by Crippen LogP contribution is 2.26. The fourth-order valence-corrected chi connectivity index (χ4v) is 0.167. The number of alkyl halides is 4. The molecule has 0 N–H and O–H groups in total. The molecule has 0 unspecified atom stereocenters. The van der Waals surface area contributed by atoms with Crippen molar-refractivity contribution in [2.24, 2.45) is 23.7 Å². The van der Waals surface area contributed by atoms with E-state index in [-0.39, 0.29) is 21.0 Å². The average molecular weight is 724 g/mol. The van der Waals surface area contributed by atoms with Crippen LogP contribution in [0.3, 0.4) is 0 Å². The van der Waals surface area contributed by atoms with Crippen molar-refractivity contribution < 1.29 is 22.3 Å². The molecule has 0 amide bonds. The van der Waals surface area contributed by atoms with Gasteiger partial charge in [0.2, 0.25) is 0 Å². The standard InChI is InChI=1S/3C5H12.C4H8.3C4H10.C3H7F.C3H5N.C3H8O.C2H3F3.CH4/c3*1-4-5(2)3;1-4-2-3-4;3*1-3-4-2;2*1-2-3-4;1-3-4-2;1-2(3,4)5;/h3*5H,4H2,1-3H3;4H,2-3H2,1H3;3*3-4H2,1-2H3;2-3H2,1H3;2H2,1H3;3H2,1-2H3;1H3;1H4. The highest BCUT2D eigenvalue weighted by molar-refractivity contribution is 4.65. The lowest BCUT2D eigenvalue weighted by Crippen LogP contribution is -1.95. The van der Waals surface area contributed by atoms with Gasteiger partial charge in [0.1, 0.15) is 0 Å². The van der Waals surface area contributed by atoms with Crippen molar-refractivity contribution >= 4 is 0 Å². The van der Waals surface area contributed by atoms with Crippen LogP contribution < -0.4 is 0 Å². The van der Waals surface area contributed by atoms with Crippen LogP contribution in [0.1, 0.15) is 229 Å². The third-order valence-corrected chi connectivity index (χ3v) is 5.45. The van der Waals surface area contributed by atoms with E-state index in [2.05, 4.69) is 116 Å². The molecule has 0 heterocycles. The van der Waals surface area contributed by atoms with Crippen molar-refractivity contribution in [3.05, 3.63) is 0 Å². The molecule has 1 saturated carbocycles. The molecule has 0 aromatic rings. The molecule has 0 spiro atoms. The number of hydrogen-bond donors (Lipinski definition) is 0. The Morgan fingerprint density at radius 2 is 0.735 bits per heavy atom. The quantitative estimate of drug-likeness (QED) is 0.234. The van der Waals surface area contributed by atoms with Gasteiger partial charge in [-0.2, -0.15) is 18.4 Å². The SMILES string of the molecule is C.CC(F)(F)F.CC1CC1.CCC#N.CCC(C)C.CCC(C)C.CCC(C)C.CCCC.CCCC.CCCC.CCCF.CCOC. The molecule has 312 valence electrons. The third kappa shape index (κ3) is 479. The van der Waals surface area contributed by atoms with Gasteiger partial charge < -0.3 is 4.74 Å². The average Bonchev–Trinajstić information content (AvgIpc) is 3.86. The number of rotatable bonds is 8. The Bertz CT molecular complexity index is 372. The maximum absolute atomic E-state index is 10.7. The van der Waals surface area contributed by atoms with Gasteiger partial charge in [0.15, 0.2) is 0 Å². The Hall–Kier alpha value is -0.830. The predicted molar refractivity (Wildman–Crippen MR) is 224 cm³/mol. The molecule has 0 aliphatic heterocycles. The van der Waals surface area contributed by atoms with Crippen LogP contribution in [0.25, 0.3) is 0 Å². The second kappa shape index (κ2) is 86.1. The summed E-state index contributed by atoms with van der Waals surface area (Å²) in [5.41, 5.74) is 0.